The van der Waals surface area contributed by atoms with Crippen molar-refractivity contribution in [3.05, 3.63) is 62.4 Å². The van der Waals surface area contributed by atoms with E-state index in [1.165, 1.54) is 11.3 Å². The van der Waals surface area contributed by atoms with Crippen LogP contribution in [-0.2, 0) is 0 Å². The number of thiazole rings is 1. The van der Waals surface area contributed by atoms with Crippen LogP contribution in [0, 0.1) is 11.6 Å². The Kier molecular flexibility index (Phi) is 5.55. The van der Waals surface area contributed by atoms with Gasteiger partial charge in [0.15, 0.2) is 16.8 Å². The molecule has 4 nitrogen and oxygen atoms in total. The average Bonchev–Trinajstić information content (AvgIpc) is 3.06. The fourth-order valence-corrected chi connectivity index (χ4v) is 3.64. The zero-order valence-corrected chi connectivity index (χ0v) is 16.3. The van der Waals surface area contributed by atoms with Crippen molar-refractivity contribution in [1.29, 1.82) is 0 Å². The molecule has 0 radical (unpaired) electrons. The lowest BCUT2D eigenvalue weighted by Crippen LogP contribution is -2.13. The van der Waals surface area contributed by atoms with Gasteiger partial charge in [0.05, 0.1) is 27.9 Å². The van der Waals surface area contributed by atoms with Gasteiger partial charge in [0.25, 0.3) is 5.91 Å². The molecule has 0 aliphatic heterocycles. The van der Waals surface area contributed by atoms with Gasteiger partial charge in [0.2, 0.25) is 0 Å². The molecule has 0 spiro atoms. The number of nitrogens with one attached hydrogen (secondary N) is 1. The number of hydrogen-bond acceptors (Lipinski definition) is 4. The Morgan fingerprint density at radius 2 is 2.00 bits per heavy atom. The SMILES string of the molecule is COc1ccc(-c2csc(NC(=O)c3cc(F)c(F)cc3Cl)n2)cc1Br. The van der Waals surface area contributed by atoms with Crippen LogP contribution >= 0.6 is 38.9 Å². The molecule has 9 heteroatoms. The number of carbonyl (C=O) groups excluding carboxylic acids is 1. The number of anilines is 1. The molecule has 1 aromatic heterocycles. The highest BCUT2D eigenvalue weighted by Gasteiger charge is 2.17. The van der Waals surface area contributed by atoms with E-state index in [0.717, 1.165) is 22.2 Å². The van der Waals surface area contributed by atoms with Gasteiger partial charge < -0.3 is 4.74 Å². The Bertz CT molecular complexity index is 997. The second-order valence-corrected chi connectivity index (χ2v) is 7.21. The fourth-order valence-electron chi connectivity index (χ4n) is 2.15. The summed E-state index contributed by atoms with van der Waals surface area (Å²) in [4.78, 5) is 16.6. The summed E-state index contributed by atoms with van der Waals surface area (Å²) in [5.74, 6) is -2.26. The molecule has 3 rings (SSSR count). The lowest BCUT2D eigenvalue weighted by molar-refractivity contribution is 0.102. The summed E-state index contributed by atoms with van der Waals surface area (Å²) in [6.07, 6.45) is 0. The van der Waals surface area contributed by atoms with E-state index < -0.39 is 17.5 Å². The molecule has 2 aromatic carbocycles. The van der Waals surface area contributed by atoms with Crippen molar-refractivity contribution in [3.63, 3.8) is 0 Å². The number of methoxy groups -OCH3 is 1. The van der Waals surface area contributed by atoms with Crippen molar-refractivity contribution in [2.75, 3.05) is 12.4 Å². The quantitative estimate of drug-likeness (QED) is 0.504. The molecule has 0 aliphatic carbocycles. The normalized spacial score (nSPS) is 10.7. The standard InChI is InChI=1S/C17H10BrClF2N2O2S/c1-25-15-3-2-8(4-10(15)18)14-7-26-17(22-14)23-16(24)9-5-12(20)13(21)6-11(9)19/h2-7H,1H3,(H,22,23,24). The molecule has 0 fully saturated rings. The van der Waals surface area contributed by atoms with Gasteiger partial charge in [-0.25, -0.2) is 13.8 Å². The Hall–Kier alpha value is -2.03. The minimum absolute atomic E-state index is 0.172. The fraction of sp³-hybridized carbons (Fsp3) is 0.0588. The summed E-state index contributed by atoms with van der Waals surface area (Å²) in [6, 6.07) is 6.97. The van der Waals surface area contributed by atoms with Gasteiger partial charge in [0.1, 0.15) is 5.75 Å². The summed E-state index contributed by atoms with van der Waals surface area (Å²) in [7, 11) is 1.57. The minimum Gasteiger partial charge on any atom is -0.496 e. The molecule has 1 heterocycles. The molecule has 3 aromatic rings. The molecule has 0 aliphatic rings. The molecule has 0 atom stereocenters. The van der Waals surface area contributed by atoms with Crippen LogP contribution < -0.4 is 10.1 Å². The number of carbonyl (C=O) groups is 1. The van der Waals surface area contributed by atoms with Gasteiger partial charge in [-0.2, -0.15) is 0 Å². The molecule has 0 bridgehead atoms. The van der Waals surface area contributed by atoms with Crippen molar-refractivity contribution in [2.45, 2.75) is 0 Å². The highest BCUT2D eigenvalue weighted by molar-refractivity contribution is 9.10. The van der Waals surface area contributed by atoms with Crippen LogP contribution in [-0.4, -0.2) is 18.0 Å². The maximum Gasteiger partial charge on any atom is 0.259 e. The van der Waals surface area contributed by atoms with Crippen molar-refractivity contribution in [1.82, 2.24) is 4.98 Å². The number of halogens is 4. The smallest absolute Gasteiger partial charge is 0.259 e. The minimum atomic E-state index is -1.15. The first-order valence-corrected chi connectivity index (χ1v) is 9.19. The number of benzene rings is 2. The monoisotopic (exact) mass is 458 g/mol. The second-order valence-electron chi connectivity index (χ2n) is 5.09. The largest absolute Gasteiger partial charge is 0.496 e. The van der Waals surface area contributed by atoms with Crippen LogP contribution in [0.4, 0.5) is 13.9 Å². The van der Waals surface area contributed by atoms with E-state index in [4.69, 9.17) is 16.3 Å². The van der Waals surface area contributed by atoms with Crippen LogP contribution in [0.3, 0.4) is 0 Å². The first-order chi connectivity index (χ1) is 12.4. The Morgan fingerprint density at radius 3 is 2.69 bits per heavy atom. The van der Waals surface area contributed by atoms with Crippen LogP contribution in [0.1, 0.15) is 10.4 Å². The van der Waals surface area contributed by atoms with Gasteiger partial charge >= 0.3 is 0 Å². The molecule has 0 saturated carbocycles. The van der Waals surface area contributed by atoms with Gasteiger partial charge in [0, 0.05) is 10.9 Å². The number of hydrogen-bond donors (Lipinski definition) is 1. The van der Waals surface area contributed by atoms with E-state index in [0.29, 0.717) is 16.6 Å². The number of amides is 1. The lowest BCUT2D eigenvalue weighted by Gasteiger charge is -2.05. The Morgan fingerprint density at radius 1 is 1.27 bits per heavy atom. The molecule has 0 unspecified atom stereocenters. The van der Waals surface area contributed by atoms with Crippen LogP contribution in [0.5, 0.6) is 5.75 Å². The molecular formula is C17H10BrClF2N2O2S. The van der Waals surface area contributed by atoms with Crippen LogP contribution in [0.2, 0.25) is 5.02 Å². The summed E-state index contributed by atoms with van der Waals surface area (Å²) < 4.78 is 32.4. The summed E-state index contributed by atoms with van der Waals surface area (Å²) in [5.41, 5.74) is 1.29. The van der Waals surface area contributed by atoms with E-state index >= 15 is 0 Å². The highest BCUT2D eigenvalue weighted by Crippen LogP contribution is 2.32. The van der Waals surface area contributed by atoms with Crippen molar-refractivity contribution < 1.29 is 18.3 Å². The average molecular weight is 460 g/mol. The molecular weight excluding hydrogens is 450 g/mol. The van der Waals surface area contributed by atoms with Crippen molar-refractivity contribution >= 4 is 49.9 Å². The third-order valence-corrected chi connectivity index (χ3v) is 5.12. The topological polar surface area (TPSA) is 51.2 Å². The first-order valence-electron chi connectivity index (χ1n) is 7.14. The van der Waals surface area contributed by atoms with Crippen LogP contribution in [0.15, 0.2) is 40.2 Å². The number of ether oxygens (including phenoxy) is 1. The van der Waals surface area contributed by atoms with E-state index in [1.54, 1.807) is 18.6 Å². The Labute approximate surface area is 164 Å². The maximum atomic E-state index is 13.3. The highest BCUT2D eigenvalue weighted by atomic mass is 79.9. The zero-order valence-electron chi connectivity index (χ0n) is 13.1. The number of aromatic nitrogens is 1. The van der Waals surface area contributed by atoms with Gasteiger partial charge in [-0.15, -0.1) is 11.3 Å². The first kappa shape index (κ1) is 18.8. The molecule has 0 saturated heterocycles. The second kappa shape index (κ2) is 7.69. The predicted octanol–water partition coefficient (Wildman–Crippen LogP) is 5.77. The predicted molar refractivity (Wildman–Crippen MR) is 101 cm³/mol. The van der Waals surface area contributed by atoms with E-state index in [1.807, 2.05) is 12.1 Å². The van der Waals surface area contributed by atoms with Gasteiger partial charge in [-0.1, -0.05) is 11.6 Å². The van der Waals surface area contributed by atoms with E-state index in [-0.39, 0.29) is 10.6 Å². The number of nitrogens with zero attached hydrogens (tertiary/aromatic N) is 1. The summed E-state index contributed by atoms with van der Waals surface area (Å²) >= 11 is 10.4. The zero-order chi connectivity index (χ0) is 18.8. The van der Waals surface area contributed by atoms with Gasteiger partial charge in [-0.05, 0) is 46.3 Å². The summed E-state index contributed by atoms with van der Waals surface area (Å²) in [6.45, 7) is 0. The maximum absolute atomic E-state index is 13.3. The van der Waals surface area contributed by atoms with Crippen LogP contribution in [0.25, 0.3) is 11.3 Å². The molecule has 1 N–H and O–H groups in total. The molecule has 1 amide bonds. The third-order valence-electron chi connectivity index (χ3n) is 3.43. The summed E-state index contributed by atoms with van der Waals surface area (Å²) in [5, 5.41) is 4.41. The van der Waals surface area contributed by atoms with E-state index in [2.05, 4.69) is 26.2 Å². The van der Waals surface area contributed by atoms with Crippen molar-refractivity contribution in [3.8, 4) is 17.0 Å². The van der Waals surface area contributed by atoms with Crippen molar-refractivity contribution in [2.24, 2.45) is 0 Å². The molecule has 26 heavy (non-hydrogen) atoms. The third kappa shape index (κ3) is 3.87. The van der Waals surface area contributed by atoms with Gasteiger partial charge in [-0.3, -0.25) is 10.1 Å². The molecule has 134 valence electrons. The number of rotatable bonds is 4. The van der Waals surface area contributed by atoms with E-state index in [9.17, 15) is 13.6 Å². The Balaban J connectivity index is 1.81. The lowest BCUT2D eigenvalue weighted by atomic mass is 10.2.